The lowest BCUT2D eigenvalue weighted by Gasteiger charge is -2.15. The van der Waals surface area contributed by atoms with Crippen LogP contribution in [0.3, 0.4) is 0 Å². The van der Waals surface area contributed by atoms with Gasteiger partial charge in [0.2, 0.25) is 17.7 Å². The monoisotopic (exact) mass is 456 g/mol. The van der Waals surface area contributed by atoms with Gasteiger partial charge >= 0.3 is 0 Å². The smallest absolute Gasteiger partial charge is 0.277 e. The number of nitrogens with zero attached hydrogens (tertiary/aromatic N) is 3. The number of aromatic nitrogens is 2. The summed E-state index contributed by atoms with van der Waals surface area (Å²) in [6.45, 7) is 2.53. The lowest BCUT2D eigenvalue weighted by atomic mass is 10.1. The van der Waals surface area contributed by atoms with Gasteiger partial charge in [-0.1, -0.05) is 42.4 Å². The molecule has 2 amide bonds. The molecule has 7 nitrogen and oxygen atoms in total. The molecule has 1 aliphatic rings. The summed E-state index contributed by atoms with van der Waals surface area (Å²) in [4.78, 5) is 26.4. The SMILES string of the molecule is CCc1cccc(NC(=O)CSc2nnc(C3CC(=O)N(c4ccc(Cl)cc4)C3)o2)c1. The third-order valence-corrected chi connectivity index (χ3v) is 6.05. The molecule has 9 heteroatoms. The largest absolute Gasteiger partial charge is 0.416 e. The molecule has 0 bridgehead atoms. The zero-order valence-corrected chi connectivity index (χ0v) is 18.4. The van der Waals surface area contributed by atoms with Gasteiger partial charge in [-0.05, 0) is 48.4 Å². The van der Waals surface area contributed by atoms with E-state index in [2.05, 4.69) is 22.4 Å². The van der Waals surface area contributed by atoms with Gasteiger partial charge in [-0.25, -0.2) is 0 Å². The van der Waals surface area contributed by atoms with Gasteiger partial charge in [-0.3, -0.25) is 9.59 Å². The minimum atomic E-state index is -0.185. The second-order valence-electron chi connectivity index (χ2n) is 7.18. The highest BCUT2D eigenvalue weighted by Gasteiger charge is 2.35. The van der Waals surface area contributed by atoms with Crippen LogP contribution in [-0.2, 0) is 16.0 Å². The van der Waals surface area contributed by atoms with Gasteiger partial charge in [-0.15, -0.1) is 10.2 Å². The molecule has 1 saturated heterocycles. The molecule has 160 valence electrons. The van der Waals surface area contributed by atoms with Crippen molar-refractivity contribution in [1.29, 1.82) is 0 Å². The van der Waals surface area contributed by atoms with Crippen molar-refractivity contribution in [2.24, 2.45) is 0 Å². The summed E-state index contributed by atoms with van der Waals surface area (Å²) in [5, 5.41) is 11.9. The van der Waals surface area contributed by atoms with Crippen LogP contribution < -0.4 is 10.2 Å². The molecule has 4 rings (SSSR count). The molecular formula is C22H21ClN4O3S. The van der Waals surface area contributed by atoms with E-state index in [4.69, 9.17) is 16.0 Å². The number of anilines is 2. The number of thioether (sulfide) groups is 1. The van der Waals surface area contributed by atoms with E-state index < -0.39 is 0 Å². The number of carbonyl (C=O) groups is 2. The van der Waals surface area contributed by atoms with Crippen LogP contribution in [0.1, 0.15) is 30.7 Å². The predicted molar refractivity (Wildman–Crippen MR) is 121 cm³/mol. The zero-order valence-electron chi connectivity index (χ0n) is 16.9. The van der Waals surface area contributed by atoms with Crippen molar-refractivity contribution in [1.82, 2.24) is 10.2 Å². The maximum absolute atomic E-state index is 12.4. The predicted octanol–water partition coefficient (Wildman–Crippen LogP) is 4.54. The van der Waals surface area contributed by atoms with Gasteiger partial charge in [0.15, 0.2) is 0 Å². The lowest BCUT2D eigenvalue weighted by Crippen LogP contribution is -2.24. The van der Waals surface area contributed by atoms with E-state index in [1.165, 1.54) is 11.8 Å². The number of nitrogens with one attached hydrogen (secondary N) is 1. The molecule has 2 heterocycles. The Labute approximate surface area is 189 Å². The number of hydrogen-bond donors (Lipinski definition) is 1. The molecule has 1 fully saturated rings. The maximum Gasteiger partial charge on any atom is 0.277 e. The Morgan fingerprint density at radius 3 is 2.84 bits per heavy atom. The maximum atomic E-state index is 12.4. The van der Waals surface area contributed by atoms with Crippen LogP contribution in [-0.4, -0.2) is 34.3 Å². The van der Waals surface area contributed by atoms with Crippen molar-refractivity contribution in [3.63, 3.8) is 0 Å². The Bertz CT molecular complexity index is 1090. The molecule has 0 saturated carbocycles. The standard InChI is InChI=1S/C22H21ClN4O3S/c1-2-14-4-3-5-17(10-14)24-19(28)13-31-22-26-25-21(30-22)15-11-20(29)27(12-15)18-8-6-16(23)7-9-18/h3-10,15H,2,11-13H2,1H3,(H,24,28). The van der Waals surface area contributed by atoms with Crippen LogP contribution in [0.4, 0.5) is 11.4 Å². The van der Waals surface area contributed by atoms with Crippen LogP contribution in [0.5, 0.6) is 0 Å². The molecule has 31 heavy (non-hydrogen) atoms. The fourth-order valence-corrected chi connectivity index (χ4v) is 4.08. The molecule has 0 aliphatic carbocycles. The third-order valence-electron chi connectivity index (χ3n) is 4.98. The number of aryl methyl sites for hydroxylation is 1. The number of rotatable bonds is 7. The number of carbonyl (C=O) groups excluding carboxylic acids is 2. The summed E-state index contributed by atoms with van der Waals surface area (Å²) in [6, 6.07) is 14.9. The highest BCUT2D eigenvalue weighted by Crippen LogP contribution is 2.32. The van der Waals surface area contributed by atoms with Crippen molar-refractivity contribution in [3.8, 4) is 0 Å². The van der Waals surface area contributed by atoms with Crippen molar-refractivity contribution in [2.75, 3.05) is 22.5 Å². The molecule has 0 radical (unpaired) electrons. The minimum absolute atomic E-state index is 0.00610. The number of hydrogen-bond acceptors (Lipinski definition) is 6. The summed E-state index contributed by atoms with van der Waals surface area (Å²) in [5.74, 6) is 0.216. The first kappa shape index (κ1) is 21.4. The molecule has 2 aromatic carbocycles. The van der Waals surface area contributed by atoms with Crippen LogP contribution in [0.25, 0.3) is 0 Å². The Balaban J connectivity index is 1.32. The van der Waals surface area contributed by atoms with Crippen LogP contribution in [0.15, 0.2) is 58.2 Å². The van der Waals surface area contributed by atoms with E-state index in [0.29, 0.717) is 29.1 Å². The van der Waals surface area contributed by atoms with E-state index in [1.54, 1.807) is 17.0 Å². The summed E-state index contributed by atoms with van der Waals surface area (Å²) in [6.07, 6.45) is 1.20. The van der Waals surface area contributed by atoms with Gasteiger partial charge in [0.1, 0.15) is 0 Å². The second-order valence-corrected chi connectivity index (χ2v) is 8.54. The van der Waals surface area contributed by atoms with E-state index in [9.17, 15) is 9.59 Å². The summed E-state index contributed by atoms with van der Waals surface area (Å²) >= 11 is 7.10. The van der Waals surface area contributed by atoms with Crippen molar-refractivity contribution < 1.29 is 14.0 Å². The van der Waals surface area contributed by atoms with Gasteiger partial charge in [0, 0.05) is 29.4 Å². The molecule has 1 N–H and O–H groups in total. The molecular weight excluding hydrogens is 436 g/mol. The first-order valence-electron chi connectivity index (χ1n) is 9.92. The van der Waals surface area contributed by atoms with E-state index in [0.717, 1.165) is 23.4 Å². The van der Waals surface area contributed by atoms with Crippen molar-refractivity contribution >= 4 is 46.6 Å². The van der Waals surface area contributed by atoms with Crippen LogP contribution >= 0.6 is 23.4 Å². The molecule has 1 aliphatic heterocycles. The fraction of sp³-hybridized carbons (Fsp3) is 0.273. The number of amides is 2. The first-order valence-corrected chi connectivity index (χ1v) is 11.3. The van der Waals surface area contributed by atoms with Crippen molar-refractivity contribution in [2.45, 2.75) is 30.9 Å². The Kier molecular flexibility index (Phi) is 6.58. The Morgan fingerprint density at radius 2 is 2.06 bits per heavy atom. The molecule has 3 aromatic rings. The topological polar surface area (TPSA) is 88.3 Å². The molecule has 1 unspecified atom stereocenters. The minimum Gasteiger partial charge on any atom is -0.416 e. The Hall–Kier alpha value is -2.84. The number of benzene rings is 2. The lowest BCUT2D eigenvalue weighted by molar-refractivity contribution is -0.117. The third kappa shape index (κ3) is 5.26. The van der Waals surface area contributed by atoms with E-state index in [1.807, 2.05) is 36.4 Å². The summed E-state index contributed by atoms with van der Waals surface area (Å²) < 4.78 is 5.72. The molecule has 1 aromatic heterocycles. The summed E-state index contributed by atoms with van der Waals surface area (Å²) in [5.41, 5.74) is 2.71. The van der Waals surface area contributed by atoms with Crippen LogP contribution in [0, 0.1) is 0 Å². The number of halogens is 1. The average Bonchev–Trinajstić information content (AvgIpc) is 3.40. The average molecular weight is 457 g/mol. The molecule has 1 atom stereocenters. The highest BCUT2D eigenvalue weighted by molar-refractivity contribution is 7.99. The van der Waals surface area contributed by atoms with E-state index in [-0.39, 0.29) is 23.5 Å². The van der Waals surface area contributed by atoms with Gasteiger partial charge in [-0.2, -0.15) is 0 Å². The normalized spacial score (nSPS) is 16.0. The fourth-order valence-electron chi connectivity index (χ4n) is 3.38. The van der Waals surface area contributed by atoms with Gasteiger partial charge in [0.25, 0.3) is 5.22 Å². The zero-order chi connectivity index (χ0) is 21.8. The quantitative estimate of drug-likeness (QED) is 0.525. The second kappa shape index (κ2) is 9.53. The van der Waals surface area contributed by atoms with Crippen molar-refractivity contribution in [3.05, 3.63) is 65.0 Å². The van der Waals surface area contributed by atoms with Gasteiger partial charge < -0.3 is 14.6 Å². The summed E-state index contributed by atoms with van der Waals surface area (Å²) in [7, 11) is 0. The first-order chi connectivity index (χ1) is 15.0. The van der Waals surface area contributed by atoms with E-state index >= 15 is 0 Å². The Morgan fingerprint density at radius 1 is 1.26 bits per heavy atom. The molecule has 0 spiro atoms. The van der Waals surface area contributed by atoms with Gasteiger partial charge in [0.05, 0.1) is 11.7 Å². The van der Waals surface area contributed by atoms with Crippen LogP contribution in [0.2, 0.25) is 5.02 Å². The highest BCUT2D eigenvalue weighted by atomic mass is 35.5.